The second-order valence-corrected chi connectivity index (χ2v) is 6.86. The molecule has 0 spiro atoms. The molecule has 2 aromatic carbocycles. The van der Waals surface area contributed by atoms with Crippen LogP contribution in [-0.2, 0) is 9.59 Å². The molecule has 4 amide bonds. The van der Waals surface area contributed by atoms with Crippen molar-refractivity contribution < 1.29 is 14.4 Å². The summed E-state index contributed by atoms with van der Waals surface area (Å²) in [5.74, 6) is -2.56. The first-order valence-corrected chi connectivity index (χ1v) is 8.65. The number of nitrogens with zero attached hydrogens (tertiary/aromatic N) is 2. The summed E-state index contributed by atoms with van der Waals surface area (Å²) in [6, 6.07) is 12.7. The van der Waals surface area contributed by atoms with E-state index in [1.165, 1.54) is 6.21 Å². The summed E-state index contributed by atoms with van der Waals surface area (Å²) in [6.45, 7) is 0. The summed E-state index contributed by atoms with van der Waals surface area (Å²) < 4.78 is 0.960. The number of nitrogens with one attached hydrogen (secondary N) is 1. The van der Waals surface area contributed by atoms with Crippen LogP contribution in [0.25, 0.3) is 0 Å². The van der Waals surface area contributed by atoms with Gasteiger partial charge in [-0.2, -0.15) is 0 Å². The van der Waals surface area contributed by atoms with Crippen molar-refractivity contribution in [2.75, 3.05) is 4.90 Å². The monoisotopic (exact) mass is 467 g/mol. The number of benzene rings is 2. The lowest BCUT2D eigenvalue weighted by Crippen LogP contribution is -2.58. The van der Waals surface area contributed by atoms with Crippen molar-refractivity contribution in [2.45, 2.75) is 0 Å². The van der Waals surface area contributed by atoms with Crippen molar-refractivity contribution in [1.29, 1.82) is 0 Å². The fourth-order valence-corrected chi connectivity index (χ4v) is 2.82. The lowest BCUT2D eigenvalue weighted by atomic mass is 10.1. The maximum atomic E-state index is 12.6. The van der Waals surface area contributed by atoms with Gasteiger partial charge in [0, 0.05) is 14.8 Å². The number of hydrogen-bond acceptors (Lipinski definition) is 4. The number of aliphatic imine (C=N–C) groups is 1. The van der Waals surface area contributed by atoms with E-state index in [-0.39, 0.29) is 0 Å². The summed E-state index contributed by atoms with van der Waals surface area (Å²) in [6.07, 6.45) is 1.22. The summed E-state index contributed by atoms with van der Waals surface area (Å²) in [5, 5.41) is 2.67. The van der Waals surface area contributed by atoms with Gasteiger partial charge in [0.05, 0.1) is 11.4 Å². The van der Waals surface area contributed by atoms with E-state index >= 15 is 0 Å². The van der Waals surface area contributed by atoms with Crippen molar-refractivity contribution in [3.63, 3.8) is 0 Å². The molecule has 0 saturated carbocycles. The minimum absolute atomic E-state index is 0.386. The first-order valence-electron chi connectivity index (χ1n) is 7.20. The number of anilines is 1. The minimum Gasteiger partial charge on any atom is -0.276 e. The SMILES string of the molecule is O=C1NC(=O)N(c2ccc(I)cc2)C(=O)[C@H]1C=Nc1cccc(Cl)c1. The molecule has 1 saturated heterocycles. The molecule has 6 nitrogen and oxygen atoms in total. The highest BCUT2D eigenvalue weighted by Crippen LogP contribution is 2.22. The molecule has 25 heavy (non-hydrogen) atoms. The third-order valence-corrected chi connectivity index (χ3v) is 4.42. The van der Waals surface area contributed by atoms with Gasteiger partial charge >= 0.3 is 6.03 Å². The molecule has 1 heterocycles. The van der Waals surface area contributed by atoms with Crippen LogP contribution in [0.4, 0.5) is 16.2 Å². The fourth-order valence-electron chi connectivity index (χ4n) is 2.27. The van der Waals surface area contributed by atoms with Crippen LogP contribution in [0.2, 0.25) is 5.02 Å². The zero-order chi connectivity index (χ0) is 18.0. The van der Waals surface area contributed by atoms with E-state index in [1.54, 1.807) is 48.5 Å². The van der Waals surface area contributed by atoms with E-state index < -0.39 is 23.8 Å². The van der Waals surface area contributed by atoms with Crippen molar-refractivity contribution in [3.8, 4) is 0 Å². The van der Waals surface area contributed by atoms with Crippen LogP contribution < -0.4 is 10.2 Å². The summed E-state index contributed by atoms with van der Waals surface area (Å²) in [4.78, 5) is 41.8. The number of urea groups is 1. The van der Waals surface area contributed by atoms with E-state index in [0.717, 1.165) is 8.47 Å². The molecule has 1 aliphatic heterocycles. The highest BCUT2D eigenvalue weighted by Gasteiger charge is 2.40. The lowest BCUT2D eigenvalue weighted by molar-refractivity contribution is -0.131. The van der Waals surface area contributed by atoms with Crippen molar-refractivity contribution in [3.05, 3.63) is 57.1 Å². The van der Waals surface area contributed by atoms with E-state index in [1.807, 2.05) is 0 Å². The van der Waals surface area contributed by atoms with Crippen molar-refractivity contribution in [1.82, 2.24) is 5.32 Å². The second kappa shape index (κ2) is 7.32. The van der Waals surface area contributed by atoms with E-state index in [0.29, 0.717) is 16.4 Å². The number of imide groups is 2. The zero-order valence-electron chi connectivity index (χ0n) is 12.6. The number of barbiturate groups is 1. The van der Waals surface area contributed by atoms with Gasteiger partial charge in [0.25, 0.3) is 5.91 Å². The maximum absolute atomic E-state index is 12.6. The molecule has 3 rings (SSSR count). The molecule has 126 valence electrons. The Labute approximate surface area is 162 Å². The molecule has 0 bridgehead atoms. The van der Waals surface area contributed by atoms with Gasteiger partial charge in [0.2, 0.25) is 5.91 Å². The Morgan fingerprint density at radius 1 is 1.12 bits per heavy atom. The number of amides is 4. The highest BCUT2D eigenvalue weighted by atomic mass is 127. The Bertz CT molecular complexity index is 883. The Morgan fingerprint density at radius 2 is 1.84 bits per heavy atom. The summed E-state index contributed by atoms with van der Waals surface area (Å²) in [7, 11) is 0. The first kappa shape index (κ1) is 17.6. The van der Waals surface area contributed by atoms with Gasteiger partial charge in [-0.15, -0.1) is 0 Å². The van der Waals surface area contributed by atoms with Crippen LogP contribution in [0.3, 0.4) is 0 Å². The maximum Gasteiger partial charge on any atom is 0.335 e. The molecular weight excluding hydrogens is 457 g/mol. The molecule has 8 heteroatoms. The van der Waals surface area contributed by atoms with Crippen molar-refractivity contribution in [2.24, 2.45) is 10.9 Å². The van der Waals surface area contributed by atoms with Gasteiger partial charge in [0.1, 0.15) is 0 Å². The van der Waals surface area contributed by atoms with Gasteiger partial charge in [-0.3, -0.25) is 19.9 Å². The van der Waals surface area contributed by atoms with Gasteiger partial charge in [0.15, 0.2) is 5.92 Å². The van der Waals surface area contributed by atoms with E-state index in [2.05, 4.69) is 32.9 Å². The number of rotatable bonds is 3. The van der Waals surface area contributed by atoms with Crippen LogP contribution in [0.15, 0.2) is 53.5 Å². The van der Waals surface area contributed by atoms with Gasteiger partial charge in [-0.05, 0) is 65.1 Å². The number of carbonyl (C=O) groups is 3. The molecule has 1 aliphatic rings. The zero-order valence-corrected chi connectivity index (χ0v) is 15.6. The van der Waals surface area contributed by atoms with E-state index in [9.17, 15) is 14.4 Å². The Balaban J connectivity index is 1.89. The first-order chi connectivity index (χ1) is 12.0. The van der Waals surface area contributed by atoms with Gasteiger partial charge in [-0.1, -0.05) is 17.7 Å². The van der Waals surface area contributed by atoms with Crippen molar-refractivity contribution >= 4 is 69.6 Å². The average molecular weight is 468 g/mol. The van der Waals surface area contributed by atoms with E-state index in [4.69, 9.17) is 11.6 Å². The molecule has 0 aromatic heterocycles. The van der Waals surface area contributed by atoms with Crippen LogP contribution in [0.5, 0.6) is 0 Å². The molecule has 1 N–H and O–H groups in total. The normalized spacial score (nSPS) is 17.9. The highest BCUT2D eigenvalue weighted by molar-refractivity contribution is 14.1. The number of carbonyl (C=O) groups excluding carboxylic acids is 3. The topological polar surface area (TPSA) is 78.8 Å². The Kier molecular flexibility index (Phi) is 5.14. The van der Waals surface area contributed by atoms with Crippen LogP contribution >= 0.6 is 34.2 Å². The molecule has 1 fully saturated rings. The quantitative estimate of drug-likeness (QED) is 0.426. The third-order valence-electron chi connectivity index (χ3n) is 3.47. The Hall–Kier alpha value is -2.26. The second-order valence-electron chi connectivity index (χ2n) is 5.18. The van der Waals surface area contributed by atoms with Crippen LogP contribution in [0, 0.1) is 9.49 Å². The largest absolute Gasteiger partial charge is 0.335 e. The molecule has 2 aromatic rings. The lowest BCUT2D eigenvalue weighted by Gasteiger charge is -2.28. The smallest absolute Gasteiger partial charge is 0.276 e. The minimum atomic E-state index is -1.20. The Morgan fingerprint density at radius 3 is 2.52 bits per heavy atom. The third kappa shape index (κ3) is 3.88. The molecule has 0 radical (unpaired) electrons. The average Bonchev–Trinajstić information content (AvgIpc) is 2.56. The number of halogens is 2. The molecular formula is C17H11ClIN3O3. The van der Waals surface area contributed by atoms with Gasteiger partial charge in [-0.25, -0.2) is 9.69 Å². The molecule has 0 aliphatic carbocycles. The van der Waals surface area contributed by atoms with Crippen LogP contribution in [0.1, 0.15) is 0 Å². The summed E-state index contributed by atoms with van der Waals surface area (Å²) in [5.41, 5.74) is 0.891. The fraction of sp³-hybridized carbons (Fsp3) is 0.0588. The predicted octanol–water partition coefficient (Wildman–Crippen LogP) is 3.55. The molecule has 1 atom stereocenters. The van der Waals surface area contributed by atoms with Crippen LogP contribution in [-0.4, -0.2) is 24.1 Å². The predicted molar refractivity (Wildman–Crippen MR) is 103 cm³/mol. The molecule has 0 unspecified atom stereocenters. The summed E-state index contributed by atoms with van der Waals surface area (Å²) >= 11 is 8.00. The number of hydrogen-bond donors (Lipinski definition) is 1. The van der Waals surface area contributed by atoms with Gasteiger partial charge < -0.3 is 0 Å². The standard InChI is InChI=1S/C17H11ClIN3O3/c18-10-2-1-3-12(8-10)20-9-14-15(23)21-17(25)22(16(14)24)13-6-4-11(19)5-7-13/h1-9,14H,(H,21,23,25)/t14-/m0/s1.